The average Bonchev–Trinajstić information content (AvgIpc) is 2.62. The highest BCUT2D eigenvalue weighted by Gasteiger charge is 2.09. The average molecular weight is 390 g/mol. The lowest BCUT2D eigenvalue weighted by Crippen LogP contribution is -2.07. The van der Waals surface area contributed by atoms with Gasteiger partial charge in [0, 0.05) is 16.3 Å². The minimum Gasteiger partial charge on any atom is -0.324 e. The van der Waals surface area contributed by atoms with Gasteiger partial charge in [-0.2, -0.15) is 0 Å². The first-order chi connectivity index (χ1) is 8.95. The molecule has 2 rings (SSSR count). The number of anilines is 2. The highest BCUT2D eigenvalue weighted by Crippen LogP contribution is 2.27. The van der Waals surface area contributed by atoms with Crippen LogP contribution in [0.5, 0.6) is 0 Å². The van der Waals surface area contributed by atoms with Crippen molar-refractivity contribution in [3.8, 4) is 0 Å². The number of imidazole rings is 1. The number of aromatic nitrogens is 2. The van der Waals surface area contributed by atoms with Gasteiger partial charge in [-0.15, -0.1) is 0 Å². The Hall–Kier alpha value is -0.750. The minimum atomic E-state index is 0.571. The van der Waals surface area contributed by atoms with Crippen LogP contribution in [0.3, 0.4) is 0 Å². The molecule has 0 atom stereocenters. The molecule has 0 aliphatic rings. The second kappa shape index (κ2) is 6.13. The molecule has 1 aromatic heterocycles. The van der Waals surface area contributed by atoms with Crippen molar-refractivity contribution in [1.82, 2.24) is 9.55 Å². The van der Waals surface area contributed by atoms with E-state index in [0.29, 0.717) is 10.9 Å². The normalized spacial score (nSPS) is 11.1. The highest BCUT2D eigenvalue weighted by molar-refractivity contribution is 14.1. The van der Waals surface area contributed by atoms with Crippen LogP contribution in [-0.4, -0.2) is 9.55 Å². The maximum atomic E-state index is 6.24. The quantitative estimate of drug-likeness (QED) is 0.758. The number of benzene rings is 1. The van der Waals surface area contributed by atoms with Crippen LogP contribution < -0.4 is 5.32 Å². The molecule has 0 bridgehead atoms. The van der Waals surface area contributed by atoms with Crippen molar-refractivity contribution in [3.05, 3.63) is 38.7 Å². The minimum absolute atomic E-state index is 0.571. The van der Waals surface area contributed by atoms with Gasteiger partial charge in [0.15, 0.2) is 0 Å². The van der Waals surface area contributed by atoms with E-state index in [9.17, 15) is 0 Å². The SMILES string of the molecule is Cc1cn(CC(C)C)c(Nc2ccc(I)cc2Cl)n1. The number of hydrogen-bond donors (Lipinski definition) is 1. The Bertz CT molecular complexity index is 578. The Kier molecular flexibility index (Phi) is 4.73. The van der Waals surface area contributed by atoms with Gasteiger partial charge < -0.3 is 9.88 Å². The first-order valence-electron chi connectivity index (χ1n) is 6.21. The summed E-state index contributed by atoms with van der Waals surface area (Å²) in [5, 5.41) is 4.02. The first kappa shape index (κ1) is 14.7. The van der Waals surface area contributed by atoms with Gasteiger partial charge in [0.05, 0.1) is 16.4 Å². The zero-order valence-electron chi connectivity index (χ0n) is 11.2. The zero-order chi connectivity index (χ0) is 14.0. The van der Waals surface area contributed by atoms with Crippen LogP contribution in [0.2, 0.25) is 5.02 Å². The lowest BCUT2D eigenvalue weighted by Gasteiger charge is -2.12. The third-order valence-corrected chi connectivity index (χ3v) is 3.62. The Morgan fingerprint density at radius 2 is 2.16 bits per heavy atom. The summed E-state index contributed by atoms with van der Waals surface area (Å²) >= 11 is 8.49. The fourth-order valence-electron chi connectivity index (χ4n) is 1.89. The van der Waals surface area contributed by atoms with E-state index in [1.807, 2.05) is 25.1 Å². The van der Waals surface area contributed by atoms with Gasteiger partial charge in [-0.3, -0.25) is 0 Å². The van der Waals surface area contributed by atoms with Crippen molar-refractivity contribution in [3.63, 3.8) is 0 Å². The van der Waals surface area contributed by atoms with E-state index < -0.39 is 0 Å². The molecule has 0 saturated heterocycles. The van der Waals surface area contributed by atoms with Crippen molar-refractivity contribution in [2.24, 2.45) is 5.92 Å². The van der Waals surface area contributed by atoms with Crippen molar-refractivity contribution in [1.29, 1.82) is 0 Å². The summed E-state index contributed by atoms with van der Waals surface area (Å²) in [7, 11) is 0. The smallest absolute Gasteiger partial charge is 0.207 e. The second-order valence-electron chi connectivity index (χ2n) is 5.00. The molecule has 0 unspecified atom stereocenters. The molecule has 0 radical (unpaired) electrons. The Labute approximate surface area is 132 Å². The molecule has 19 heavy (non-hydrogen) atoms. The van der Waals surface area contributed by atoms with Gasteiger partial charge in [0.2, 0.25) is 5.95 Å². The van der Waals surface area contributed by atoms with Crippen LogP contribution in [0.4, 0.5) is 11.6 Å². The largest absolute Gasteiger partial charge is 0.324 e. The zero-order valence-corrected chi connectivity index (χ0v) is 14.2. The maximum Gasteiger partial charge on any atom is 0.207 e. The van der Waals surface area contributed by atoms with Gasteiger partial charge in [0.1, 0.15) is 0 Å². The summed E-state index contributed by atoms with van der Waals surface area (Å²) in [5.74, 6) is 1.41. The summed E-state index contributed by atoms with van der Waals surface area (Å²) in [5.41, 5.74) is 1.89. The van der Waals surface area contributed by atoms with E-state index >= 15 is 0 Å². The Morgan fingerprint density at radius 3 is 2.79 bits per heavy atom. The fourth-order valence-corrected chi connectivity index (χ4v) is 2.79. The molecule has 0 saturated carbocycles. The molecular formula is C14H17ClIN3. The predicted molar refractivity (Wildman–Crippen MR) is 89.3 cm³/mol. The molecule has 2 aromatic rings. The number of nitrogens with zero attached hydrogens (tertiary/aromatic N) is 2. The van der Waals surface area contributed by atoms with Crippen molar-refractivity contribution >= 4 is 45.8 Å². The van der Waals surface area contributed by atoms with E-state index in [4.69, 9.17) is 11.6 Å². The molecule has 0 spiro atoms. The Morgan fingerprint density at radius 1 is 1.42 bits per heavy atom. The van der Waals surface area contributed by atoms with Gasteiger partial charge in [-0.05, 0) is 53.6 Å². The van der Waals surface area contributed by atoms with Crippen LogP contribution >= 0.6 is 34.2 Å². The van der Waals surface area contributed by atoms with Crippen LogP contribution in [0.1, 0.15) is 19.5 Å². The number of halogens is 2. The monoisotopic (exact) mass is 389 g/mol. The number of nitrogens with one attached hydrogen (secondary N) is 1. The summed E-state index contributed by atoms with van der Waals surface area (Å²) < 4.78 is 3.25. The van der Waals surface area contributed by atoms with Gasteiger partial charge >= 0.3 is 0 Å². The summed E-state index contributed by atoms with van der Waals surface area (Å²) in [6.07, 6.45) is 2.06. The van der Waals surface area contributed by atoms with Crippen molar-refractivity contribution < 1.29 is 0 Å². The van der Waals surface area contributed by atoms with Crippen LogP contribution in [0.25, 0.3) is 0 Å². The molecule has 5 heteroatoms. The van der Waals surface area contributed by atoms with E-state index in [1.165, 1.54) is 0 Å². The number of aryl methyl sites for hydroxylation is 1. The third kappa shape index (κ3) is 3.86. The molecule has 0 aliphatic carbocycles. The predicted octanol–water partition coefficient (Wildman–Crippen LogP) is 4.85. The lowest BCUT2D eigenvalue weighted by atomic mass is 10.2. The maximum absolute atomic E-state index is 6.24. The highest BCUT2D eigenvalue weighted by atomic mass is 127. The second-order valence-corrected chi connectivity index (χ2v) is 6.65. The standard InChI is InChI=1S/C14H17ClIN3/c1-9(2)7-19-8-10(3)17-14(19)18-13-5-4-11(16)6-12(13)15/h4-6,8-9H,7H2,1-3H3,(H,17,18). The molecule has 102 valence electrons. The summed E-state index contributed by atoms with van der Waals surface area (Å²) in [6.45, 7) is 7.32. The van der Waals surface area contributed by atoms with Crippen LogP contribution in [0.15, 0.2) is 24.4 Å². The molecule has 0 fully saturated rings. The summed E-state index contributed by atoms with van der Waals surface area (Å²) in [6, 6.07) is 5.94. The molecular weight excluding hydrogens is 373 g/mol. The van der Waals surface area contributed by atoms with E-state index in [2.05, 4.69) is 57.5 Å². The van der Waals surface area contributed by atoms with Gasteiger partial charge in [-0.25, -0.2) is 4.98 Å². The van der Waals surface area contributed by atoms with Crippen LogP contribution in [-0.2, 0) is 6.54 Å². The Balaban J connectivity index is 2.27. The first-order valence-corrected chi connectivity index (χ1v) is 7.67. The lowest BCUT2D eigenvalue weighted by molar-refractivity contribution is 0.527. The third-order valence-electron chi connectivity index (χ3n) is 2.64. The molecule has 1 heterocycles. The van der Waals surface area contributed by atoms with E-state index in [-0.39, 0.29) is 0 Å². The van der Waals surface area contributed by atoms with E-state index in [1.54, 1.807) is 0 Å². The van der Waals surface area contributed by atoms with Gasteiger partial charge in [0.25, 0.3) is 0 Å². The van der Waals surface area contributed by atoms with E-state index in [0.717, 1.165) is 27.4 Å². The van der Waals surface area contributed by atoms with Crippen molar-refractivity contribution in [2.75, 3.05) is 5.32 Å². The van der Waals surface area contributed by atoms with Crippen LogP contribution in [0, 0.1) is 16.4 Å². The molecule has 1 N–H and O–H groups in total. The topological polar surface area (TPSA) is 29.9 Å². The number of hydrogen-bond acceptors (Lipinski definition) is 2. The molecule has 0 aliphatic heterocycles. The van der Waals surface area contributed by atoms with Crippen molar-refractivity contribution in [2.45, 2.75) is 27.3 Å². The molecule has 0 amide bonds. The number of rotatable bonds is 4. The van der Waals surface area contributed by atoms with Gasteiger partial charge in [-0.1, -0.05) is 25.4 Å². The fraction of sp³-hybridized carbons (Fsp3) is 0.357. The molecule has 1 aromatic carbocycles. The molecule has 3 nitrogen and oxygen atoms in total. The summed E-state index contributed by atoms with van der Waals surface area (Å²) in [4.78, 5) is 4.51.